The Morgan fingerprint density at radius 3 is 1.95 bits per heavy atom. The topological polar surface area (TPSA) is 103 Å². The molecule has 0 aliphatic carbocycles. The number of amides is 1. The van der Waals surface area contributed by atoms with E-state index in [0.717, 1.165) is 0 Å². The van der Waals surface area contributed by atoms with E-state index in [9.17, 15) is 14.4 Å². The number of nitrogens with zero attached hydrogens (tertiary/aromatic N) is 1. The smallest absolute Gasteiger partial charge is 0.343 e. The monoisotopic (exact) mass is 542 g/mol. The molecule has 0 saturated carbocycles. The van der Waals surface area contributed by atoms with E-state index in [1.54, 1.807) is 97.9 Å². The van der Waals surface area contributed by atoms with Crippen LogP contribution in [0.4, 0.5) is 0 Å². The van der Waals surface area contributed by atoms with Crippen LogP contribution in [0.25, 0.3) is 0 Å². The van der Waals surface area contributed by atoms with Crippen molar-refractivity contribution in [3.63, 3.8) is 0 Å². The van der Waals surface area contributed by atoms with Crippen LogP contribution < -0.4 is 19.6 Å². The van der Waals surface area contributed by atoms with Gasteiger partial charge in [0.25, 0.3) is 5.91 Å². The Morgan fingerprint density at radius 2 is 1.33 bits per heavy atom. The second-order valence-corrected chi connectivity index (χ2v) is 8.60. The number of nitrogens with one attached hydrogen (secondary N) is 1. The summed E-state index contributed by atoms with van der Waals surface area (Å²) in [6.07, 6.45) is 0.460. The van der Waals surface area contributed by atoms with E-state index in [1.165, 1.54) is 18.3 Å². The first-order valence-corrected chi connectivity index (χ1v) is 12.2. The van der Waals surface area contributed by atoms with Gasteiger partial charge in [0.1, 0.15) is 17.2 Å². The van der Waals surface area contributed by atoms with E-state index in [2.05, 4.69) is 10.5 Å². The molecule has 1 atom stereocenters. The molecule has 1 N–H and O–H groups in total. The van der Waals surface area contributed by atoms with Crippen LogP contribution in [0.3, 0.4) is 0 Å². The minimum atomic E-state index is -0.849. The summed E-state index contributed by atoms with van der Waals surface area (Å²) in [4.78, 5) is 37.7. The van der Waals surface area contributed by atoms with E-state index in [1.807, 2.05) is 0 Å². The van der Waals surface area contributed by atoms with E-state index >= 15 is 0 Å². The van der Waals surface area contributed by atoms with Crippen molar-refractivity contribution in [3.05, 3.63) is 125 Å². The van der Waals surface area contributed by atoms with Crippen LogP contribution in [0.15, 0.2) is 108 Å². The predicted molar refractivity (Wildman–Crippen MR) is 147 cm³/mol. The SMILES string of the molecule is CC(Oc1ccc(Cl)cc1)C(=O)N/N=C/c1ccc(OC(=O)c2ccccc2)cc1OC(=O)c1ccccc1. The van der Waals surface area contributed by atoms with Gasteiger partial charge in [0, 0.05) is 16.7 Å². The van der Waals surface area contributed by atoms with Gasteiger partial charge in [-0.1, -0.05) is 48.0 Å². The fourth-order valence-corrected chi connectivity index (χ4v) is 3.40. The minimum Gasteiger partial charge on any atom is -0.481 e. The molecule has 8 nitrogen and oxygen atoms in total. The van der Waals surface area contributed by atoms with Gasteiger partial charge in [0.2, 0.25) is 0 Å². The fourth-order valence-electron chi connectivity index (χ4n) is 3.27. The maximum absolute atomic E-state index is 12.7. The van der Waals surface area contributed by atoms with Crippen molar-refractivity contribution in [2.75, 3.05) is 0 Å². The second-order valence-electron chi connectivity index (χ2n) is 8.16. The summed E-state index contributed by atoms with van der Waals surface area (Å²) in [5.41, 5.74) is 3.44. The molecule has 196 valence electrons. The highest BCUT2D eigenvalue weighted by atomic mass is 35.5. The number of esters is 2. The lowest BCUT2D eigenvalue weighted by Crippen LogP contribution is -2.33. The predicted octanol–water partition coefficient (Wildman–Crippen LogP) is 5.70. The Kier molecular flexibility index (Phi) is 9.05. The molecule has 1 unspecified atom stereocenters. The molecule has 4 aromatic rings. The first-order chi connectivity index (χ1) is 18.9. The average Bonchev–Trinajstić information content (AvgIpc) is 2.96. The van der Waals surface area contributed by atoms with Gasteiger partial charge in [0.15, 0.2) is 6.10 Å². The Hall–Kier alpha value is -4.95. The molecular formula is C30H23ClN2O6. The number of rotatable bonds is 9. The van der Waals surface area contributed by atoms with Crippen molar-refractivity contribution in [3.8, 4) is 17.2 Å². The zero-order chi connectivity index (χ0) is 27.6. The number of hydrazone groups is 1. The van der Waals surface area contributed by atoms with Gasteiger partial charge < -0.3 is 14.2 Å². The average molecular weight is 543 g/mol. The molecule has 0 saturated heterocycles. The van der Waals surface area contributed by atoms with Crippen LogP contribution in [0.1, 0.15) is 33.2 Å². The van der Waals surface area contributed by atoms with Crippen LogP contribution >= 0.6 is 11.6 Å². The standard InChI is InChI=1S/C30H23ClN2O6/c1-20(37-25-16-13-24(31)14-17-25)28(34)33-32-19-23-12-15-26(38-29(35)21-8-4-2-5-9-21)18-27(23)39-30(36)22-10-6-3-7-11-22/h2-20H,1H3,(H,33,34)/b32-19+. The molecule has 4 rings (SSSR count). The first kappa shape index (κ1) is 27.1. The first-order valence-electron chi connectivity index (χ1n) is 11.8. The van der Waals surface area contributed by atoms with Gasteiger partial charge in [-0.25, -0.2) is 15.0 Å². The van der Waals surface area contributed by atoms with E-state index < -0.39 is 23.9 Å². The molecule has 0 aromatic heterocycles. The Labute approximate surface area is 229 Å². The summed E-state index contributed by atoms with van der Waals surface area (Å²) in [5.74, 6) is -0.985. The Morgan fingerprint density at radius 1 is 0.769 bits per heavy atom. The summed E-state index contributed by atoms with van der Waals surface area (Å²) in [6, 6.07) is 28.0. The van der Waals surface area contributed by atoms with Crippen LogP contribution in [-0.4, -0.2) is 30.2 Å². The third-order valence-corrected chi connectivity index (χ3v) is 5.54. The number of halogens is 1. The molecule has 39 heavy (non-hydrogen) atoms. The zero-order valence-corrected chi connectivity index (χ0v) is 21.5. The molecule has 0 aliphatic heterocycles. The van der Waals surface area contributed by atoms with E-state index in [-0.39, 0.29) is 11.5 Å². The summed E-state index contributed by atoms with van der Waals surface area (Å²) >= 11 is 5.87. The van der Waals surface area contributed by atoms with Gasteiger partial charge in [-0.2, -0.15) is 5.10 Å². The largest absolute Gasteiger partial charge is 0.481 e. The number of hydrogen-bond acceptors (Lipinski definition) is 7. The summed E-state index contributed by atoms with van der Waals surface area (Å²) in [7, 11) is 0. The highest BCUT2D eigenvalue weighted by Crippen LogP contribution is 2.26. The summed E-state index contributed by atoms with van der Waals surface area (Å²) in [6.45, 7) is 1.57. The Balaban J connectivity index is 1.49. The lowest BCUT2D eigenvalue weighted by Gasteiger charge is -2.13. The highest BCUT2D eigenvalue weighted by Gasteiger charge is 2.16. The summed E-state index contributed by atoms with van der Waals surface area (Å²) < 4.78 is 16.6. The summed E-state index contributed by atoms with van der Waals surface area (Å²) in [5, 5.41) is 4.52. The van der Waals surface area contributed by atoms with Crippen molar-refractivity contribution in [2.45, 2.75) is 13.0 Å². The Bertz CT molecular complexity index is 1470. The van der Waals surface area contributed by atoms with Crippen molar-refractivity contribution >= 4 is 35.7 Å². The van der Waals surface area contributed by atoms with Gasteiger partial charge in [-0.05, 0) is 67.6 Å². The molecule has 9 heteroatoms. The third-order valence-electron chi connectivity index (χ3n) is 5.29. The maximum atomic E-state index is 12.7. The lowest BCUT2D eigenvalue weighted by molar-refractivity contribution is -0.127. The van der Waals surface area contributed by atoms with Crippen LogP contribution in [0, 0.1) is 0 Å². The lowest BCUT2D eigenvalue weighted by atomic mass is 10.2. The maximum Gasteiger partial charge on any atom is 0.343 e. The third kappa shape index (κ3) is 7.77. The second kappa shape index (κ2) is 13.0. The van der Waals surface area contributed by atoms with E-state index in [0.29, 0.717) is 27.5 Å². The van der Waals surface area contributed by atoms with Gasteiger partial charge in [-0.3, -0.25) is 4.79 Å². The fraction of sp³-hybridized carbons (Fsp3) is 0.0667. The molecular weight excluding hydrogens is 520 g/mol. The molecule has 4 aromatic carbocycles. The highest BCUT2D eigenvalue weighted by molar-refractivity contribution is 6.30. The molecule has 0 aliphatic rings. The minimum absolute atomic E-state index is 0.0747. The molecule has 0 radical (unpaired) electrons. The quantitative estimate of drug-likeness (QED) is 0.126. The molecule has 0 fully saturated rings. The number of ether oxygens (including phenoxy) is 3. The molecule has 0 bridgehead atoms. The van der Waals surface area contributed by atoms with Crippen LogP contribution in [0.2, 0.25) is 5.02 Å². The number of carbonyl (C=O) groups is 3. The van der Waals surface area contributed by atoms with E-state index in [4.69, 9.17) is 25.8 Å². The molecule has 0 heterocycles. The van der Waals surface area contributed by atoms with Crippen LogP contribution in [-0.2, 0) is 4.79 Å². The number of carbonyl (C=O) groups excluding carboxylic acids is 3. The zero-order valence-electron chi connectivity index (χ0n) is 20.7. The van der Waals surface area contributed by atoms with Gasteiger partial charge >= 0.3 is 11.9 Å². The van der Waals surface area contributed by atoms with Crippen molar-refractivity contribution < 1.29 is 28.6 Å². The van der Waals surface area contributed by atoms with Gasteiger partial charge in [0.05, 0.1) is 17.3 Å². The normalized spacial score (nSPS) is 11.4. The number of hydrogen-bond donors (Lipinski definition) is 1. The van der Waals surface area contributed by atoms with Crippen LogP contribution in [0.5, 0.6) is 17.2 Å². The van der Waals surface area contributed by atoms with Gasteiger partial charge in [-0.15, -0.1) is 0 Å². The van der Waals surface area contributed by atoms with Crippen molar-refractivity contribution in [1.29, 1.82) is 0 Å². The molecule has 1 amide bonds. The molecule has 0 spiro atoms. The number of benzene rings is 4. The van der Waals surface area contributed by atoms with Crippen molar-refractivity contribution in [2.24, 2.45) is 5.10 Å². The van der Waals surface area contributed by atoms with Crippen molar-refractivity contribution in [1.82, 2.24) is 5.43 Å².